The quantitative estimate of drug-likeness (QED) is 0.855. The van der Waals surface area contributed by atoms with Crippen molar-refractivity contribution in [3.8, 4) is 0 Å². The Hall–Kier alpha value is -1.85. The second kappa shape index (κ2) is 5.20. The zero-order valence-corrected chi connectivity index (χ0v) is 10.2. The van der Waals surface area contributed by atoms with Gasteiger partial charge in [0.05, 0.1) is 11.8 Å². The van der Waals surface area contributed by atoms with Gasteiger partial charge in [0.15, 0.2) is 5.82 Å². The number of hydrogen-bond acceptors (Lipinski definition) is 4. The monoisotopic (exact) mass is 252 g/mol. The second-order valence-corrected chi connectivity index (χ2v) is 4.65. The molecule has 98 valence electrons. The van der Waals surface area contributed by atoms with E-state index in [9.17, 15) is 9.59 Å². The predicted molar refractivity (Wildman–Crippen MR) is 63.0 cm³/mol. The van der Waals surface area contributed by atoms with Crippen LogP contribution in [0.1, 0.15) is 31.4 Å². The zero-order valence-electron chi connectivity index (χ0n) is 10.2. The minimum absolute atomic E-state index is 0.282. The van der Waals surface area contributed by atoms with E-state index in [1.54, 1.807) is 13.0 Å². The van der Waals surface area contributed by atoms with E-state index in [-0.39, 0.29) is 5.91 Å². The molecule has 2 rings (SSSR count). The molecule has 0 unspecified atom stereocenters. The second-order valence-electron chi connectivity index (χ2n) is 4.65. The van der Waals surface area contributed by atoms with E-state index < -0.39 is 17.8 Å². The molecular formula is C12H16N2O4. The van der Waals surface area contributed by atoms with Crippen LogP contribution in [0.15, 0.2) is 10.6 Å². The number of rotatable bonds is 3. The van der Waals surface area contributed by atoms with Crippen molar-refractivity contribution >= 4 is 17.7 Å². The number of nitrogens with one attached hydrogen (secondary N) is 1. The van der Waals surface area contributed by atoms with Crippen LogP contribution in [-0.4, -0.2) is 22.1 Å². The Labute approximate surface area is 104 Å². The van der Waals surface area contributed by atoms with Gasteiger partial charge in [-0.3, -0.25) is 9.59 Å². The molecule has 1 aromatic rings. The summed E-state index contributed by atoms with van der Waals surface area (Å²) >= 11 is 0. The van der Waals surface area contributed by atoms with Gasteiger partial charge in [-0.1, -0.05) is 18.0 Å². The molecule has 0 saturated heterocycles. The van der Waals surface area contributed by atoms with Crippen molar-refractivity contribution in [3.05, 3.63) is 11.8 Å². The van der Waals surface area contributed by atoms with Gasteiger partial charge in [0.25, 0.3) is 0 Å². The summed E-state index contributed by atoms with van der Waals surface area (Å²) in [7, 11) is 0. The summed E-state index contributed by atoms with van der Waals surface area (Å²) in [6.45, 7) is 1.73. The van der Waals surface area contributed by atoms with Crippen molar-refractivity contribution in [2.75, 3.05) is 5.32 Å². The van der Waals surface area contributed by atoms with Crippen LogP contribution >= 0.6 is 0 Å². The molecule has 1 amide bonds. The molecule has 1 aliphatic carbocycles. The Morgan fingerprint density at radius 2 is 2.06 bits per heavy atom. The molecule has 2 N–H and O–H groups in total. The van der Waals surface area contributed by atoms with Crippen LogP contribution in [0.2, 0.25) is 0 Å². The van der Waals surface area contributed by atoms with Gasteiger partial charge in [-0.15, -0.1) is 0 Å². The van der Waals surface area contributed by atoms with Gasteiger partial charge in [0, 0.05) is 6.07 Å². The first-order valence-electron chi connectivity index (χ1n) is 6.05. The van der Waals surface area contributed by atoms with Crippen molar-refractivity contribution in [3.63, 3.8) is 0 Å². The highest BCUT2D eigenvalue weighted by molar-refractivity contribution is 5.94. The maximum absolute atomic E-state index is 12.0. The predicted octanol–water partition coefficient (Wildman–Crippen LogP) is 1.81. The molecule has 18 heavy (non-hydrogen) atoms. The topological polar surface area (TPSA) is 92.4 Å². The van der Waals surface area contributed by atoms with Crippen LogP contribution in [0.25, 0.3) is 0 Å². The van der Waals surface area contributed by atoms with E-state index in [0.29, 0.717) is 24.4 Å². The summed E-state index contributed by atoms with van der Waals surface area (Å²) < 4.78 is 4.85. The van der Waals surface area contributed by atoms with Gasteiger partial charge in [-0.25, -0.2) is 0 Å². The standard InChI is InChI=1S/C12H16N2O4/c1-7-6-10(14-18-7)13-11(15)8-4-2-3-5-9(8)12(16)17/h6,8-9H,2-5H2,1H3,(H,16,17)(H,13,14,15)/t8-,9-/m0/s1. The molecule has 0 bridgehead atoms. The Bertz CT molecular complexity index is 455. The largest absolute Gasteiger partial charge is 0.481 e. The molecule has 0 aliphatic heterocycles. The number of aryl methyl sites for hydroxylation is 1. The highest BCUT2D eigenvalue weighted by atomic mass is 16.5. The summed E-state index contributed by atoms with van der Waals surface area (Å²) in [6.07, 6.45) is 2.93. The lowest BCUT2D eigenvalue weighted by Gasteiger charge is -2.26. The van der Waals surface area contributed by atoms with E-state index in [1.165, 1.54) is 0 Å². The van der Waals surface area contributed by atoms with Gasteiger partial charge in [0.1, 0.15) is 5.76 Å². The molecule has 1 aromatic heterocycles. The van der Waals surface area contributed by atoms with Gasteiger partial charge < -0.3 is 14.9 Å². The lowest BCUT2D eigenvalue weighted by atomic mass is 9.79. The van der Waals surface area contributed by atoms with Crippen LogP contribution in [-0.2, 0) is 9.59 Å². The fourth-order valence-electron chi connectivity index (χ4n) is 2.38. The molecule has 1 fully saturated rings. The summed E-state index contributed by atoms with van der Waals surface area (Å²) in [6, 6.07) is 1.61. The summed E-state index contributed by atoms with van der Waals surface area (Å²) in [5.41, 5.74) is 0. The van der Waals surface area contributed by atoms with Crippen molar-refractivity contribution < 1.29 is 19.2 Å². The molecule has 0 spiro atoms. The van der Waals surface area contributed by atoms with Crippen LogP contribution in [0.3, 0.4) is 0 Å². The van der Waals surface area contributed by atoms with Crippen LogP contribution in [0, 0.1) is 18.8 Å². The SMILES string of the molecule is Cc1cc(NC(=O)[C@H]2CCCC[C@@H]2C(=O)O)no1. The molecular weight excluding hydrogens is 236 g/mol. The number of nitrogens with zero attached hydrogens (tertiary/aromatic N) is 1. The number of carboxylic acid groups (broad SMARTS) is 1. The van der Waals surface area contributed by atoms with Crippen molar-refractivity contribution in [1.82, 2.24) is 5.16 Å². The first-order valence-corrected chi connectivity index (χ1v) is 6.05. The minimum Gasteiger partial charge on any atom is -0.481 e. The lowest BCUT2D eigenvalue weighted by molar-refractivity contribution is -0.147. The molecule has 1 aliphatic rings. The zero-order chi connectivity index (χ0) is 13.1. The number of hydrogen-bond donors (Lipinski definition) is 2. The Balaban J connectivity index is 2.04. The Morgan fingerprint density at radius 3 is 2.61 bits per heavy atom. The van der Waals surface area contributed by atoms with Gasteiger partial charge in [-0.2, -0.15) is 0 Å². The first-order chi connectivity index (χ1) is 8.58. The Morgan fingerprint density at radius 1 is 1.39 bits per heavy atom. The van der Waals surface area contributed by atoms with Crippen LogP contribution in [0.4, 0.5) is 5.82 Å². The van der Waals surface area contributed by atoms with Gasteiger partial charge in [0.2, 0.25) is 5.91 Å². The highest BCUT2D eigenvalue weighted by Crippen LogP contribution is 2.31. The number of aliphatic carboxylic acids is 1. The number of amides is 1. The summed E-state index contributed by atoms with van der Waals surface area (Å²) in [4.78, 5) is 23.1. The third kappa shape index (κ3) is 2.69. The first kappa shape index (κ1) is 12.6. The maximum Gasteiger partial charge on any atom is 0.307 e. The highest BCUT2D eigenvalue weighted by Gasteiger charge is 2.35. The fourth-order valence-corrected chi connectivity index (χ4v) is 2.38. The number of carbonyl (C=O) groups excluding carboxylic acids is 1. The van der Waals surface area contributed by atoms with E-state index in [1.807, 2.05) is 0 Å². The van der Waals surface area contributed by atoms with E-state index in [0.717, 1.165) is 12.8 Å². The Kier molecular flexibility index (Phi) is 3.64. The lowest BCUT2D eigenvalue weighted by Crippen LogP contribution is -2.36. The maximum atomic E-state index is 12.0. The third-order valence-corrected chi connectivity index (χ3v) is 3.30. The molecule has 0 aromatic carbocycles. The van der Waals surface area contributed by atoms with Crippen LogP contribution < -0.4 is 5.32 Å². The number of aromatic nitrogens is 1. The molecule has 6 heteroatoms. The molecule has 1 heterocycles. The van der Waals surface area contributed by atoms with Crippen molar-refractivity contribution in [2.45, 2.75) is 32.6 Å². The fraction of sp³-hybridized carbons (Fsp3) is 0.583. The van der Waals surface area contributed by atoms with Crippen molar-refractivity contribution in [2.24, 2.45) is 11.8 Å². The molecule has 1 saturated carbocycles. The molecule has 0 radical (unpaired) electrons. The number of carbonyl (C=O) groups is 2. The number of anilines is 1. The van der Waals surface area contributed by atoms with E-state index in [2.05, 4.69) is 10.5 Å². The normalized spacial score (nSPS) is 23.6. The van der Waals surface area contributed by atoms with Crippen LogP contribution in [0.5, 0.6) is 0 Å². The van der Waals surface area contributed by atoms with Gasteiger partial charge in [-0.05, 0) is 19.8 Å². The average Bonchev–Trinajstić information content (AvgIpc) is 2.74. The molecule has 6 nitrogen and oxygen atoms in total. The van der Waals surface area contributed by atoms with Gasteiger partial charge >= 0.3 is 5.97 Å². The molecule has 2 atom stereocenters. The van der Waals surface area contributed by atoms with E-state index in [4.69, 9.17) is 9.63 Å². The number of carboxylic acids is 1. The van der Waals surface area contributed by atoms with E-state index >= 15 is 0 Å². The average molecular weight is 252 g/mol. The smallest absolute Gasteiger partial charge is 0.307 e. The summed E-state index contributed by atoms with van der Waals surface area (Å²) in [5.74, 6) is -1.31. The minimum atomic E-state index is -0.897. The third-order valence-electron chi connectivity index (χ3n) is 3.30. The van der Waals surface area contributed by atoms with Crippen molar-refractivity contribution in [1.29, 1.82) is 0 Å². The summed E-state index contributed by atoms with van der Waals surface area (Å²) in [5, 5.41) is 15.4.